The van der Waals surface area contributed by atoms with Gasteiger partial charge in [0.1, 0.15) is 6.04 Å². The average molecular weight is 286 g/mol. The van der Waals surface area contributed by atoms with Crippen molar-refractivity contribution >= 4 is 29.1 Å². The highest BCUT2D eigenvalue weighted by Gasteiger charge is 2.33. The number of halogens is 1. The van der Waals surface area contributed by atoms with Gasteiger partial charge in [0.05, 0.1) is 9.95 Å². The Morgan fingerprint density at radius 2 is 2.32 bits per heavy atom. The molecule has 19 heavy (non-hydrogen) atoms. The number of nitro groups is 1. The van der Waals surface area contributed by atoms with Crippen molar-refractivity contribution in [2.24, 2.45) is 0 Å². The van der Waals surface area contributed by atoms with Gasteiger partial charge in [-0.15, -0.1) is 0 Å². The first-order valence-electron chi connectivity index (χ1n) is 5.80. The predicted molar refractivity (Wildman–Crippen MR) is 68.5 cm³/mol. The zero-order valence-electron chi connectivity index (χ0n) is 9.95. The second-order valence-corrected chi connectivity index (χ2v) is 4.73. The molecule has 1 N–H and O–H groups in total. The maximum Gasteiger partial charge on any atom is 0.326 e. The molecule has 1 saturated heterocycles. The number of carbonyl (C=O) groups is 1. The van der Waals surface area contributed by atoms with Crippen molar-refractivity contribution in [3.05, 3.63) is 27.4 Å². The Balaban J connectivity index is 2.44. The van der Waals surface area contributed by atoms with E-state index in [1.54, 1.807) is 0 Å². The molecule has 102 valence electrons. The van der Waals surface area contributed by atoms with Crippen molar-refractivity contribution in [3.63, 3.8) is 0 Å². The first kappa shape index (κ1) is 13.5. The Kier molecular flexibility index (Phi) is 3.84. The number of nitrogens with zero attached hydrogens (tertiary/aromatic N) is 3. The minimum atomic E-state index is -0.995. The van der Waals surface area contributed by atoms with Crippen molar-refractivity contribution in [3.8, 4) is 0 Å². The molecule has 8 heteroatoms. The van der Waals surface area contributed by atoms with Crippen molar-refractivity contribution < 1.29 is 14.8 Å². The number of rotatable bonds is 3. The van der Waals surface area contributed by atoms with Crippen LogP contribution in [0.1, 0.15) is 19.3 Å². The smallest absolute Gasteiger partial charge is 0.326 e. The van der Waals surface area contributed by atoms with Crippen LogP contribution in [0.3, 0.4) is 0 Å². The van der Waals surface area contributed by atoms with Crippen LogP contribution in [0.15, 0.2) is 12.3 Å². The van der Waals surface area contributed by atoms with Crippen molar-refractivity contribution in [1.82, 2.24) is 4.98 Å². The summed E-state index contributed by atoms with van der Waals surface area (Å²) in [6.07, 6.45) is 3.31. The lowest BCUT2D eigenvalue weighted by Gasteiger charge is -2.33. The largest absolute Gasteiger partial charge is 0.480 e. The molecule has 0 radical (unpaired) electrons. The number of aliphatic carboxylic acids is 1. The highest BCUT2D eigenvalue weighted by Crippen LogP contribution is 2.32. The molecule has 1 unspecified atom stereocenters. The average Bonchev–Trinajstić information content (AvgIpc) is 2.38. The molecule has 1 aromatic rings. The van der Waals surface area contributed by atoms with Crippen molar-refractivity contribution in [2.45, 2.75) is 25.3 Å². The summed E-state index contributed by atoms with van der Waals surface area (Å²) in [5.41, 5.74) is -0.263. The highest BCUT2D eigenvalue weighted by molar-refractivity contribution is 6.30. The van der Waals surface area contributed by atoms with E-state index in [1.807, 2.05) is 0 Å². The lowest BCUT2D eigenvalue weighted by Crippen LogP contribution is -2.45. The van der Waals surface area contributed by atoms with Crippen LogP contribution in [-0.2, 0) is 4.79 Å². The van der Waals surface area contributed by atoms with E-state index in [1.165, 1.54) is 17.2 Å². The summed E-state index contributed by atoms with van der Waals surface area (Å²) in [4.78, 5) is 27.1. The molecule has 1 fully saturated rings. The quantitative estimate of drug-likeness (QED) is 0.674. The van der Waals surface area contributed by atoms with Crippen LogP contribution in [0.2, 0.25) is 5.02 Å². The van der Waals surface area contributed by atoms with Crippen molar-refractivity contribution in [1.29, 1.82) is 0 Å². The lowest BCUT2D eigenvalue weighted by atomic mass is 10.0. The molecule has 1 aliphatic heterocycles. The van der Waals surface area contributed by atoms with Gasteiger partial charge in [0.15, 0.2) is 0 Å². The number of anilines is 1. The number of hydrogen-bond acceptors (Lipinski definition) is 5. The summed E-state index contributed by atoms with van der Waals surface area (Å²) in [5, 5.41) is 20.4. The Hall–Kier alpha value is -1.89. The third kappa shape index (κ3) is 2.76. The normalized spacial score (nSPS) is 19.2. The maximum atomic E-state index is 11.2. The summed E-state index contributed by atoms with van der Waals surface area (Å²) >= 11 is 5.70. The molecule has 0 aliphatic carbocycles. The van der Waals surface area contributed by atoms with Gasteiger partial charge in [0.25, 0.3) is 0 Å². The van der Waals surface area contributed by atoms with Crippen LogP contribution in [0, 0.1) is 10.1 Å². The predicted octanol–water partition coefficient (Wildman–Crippen LogP) is 2.09. The zero-order valence-corrected chi connectivity index (χ0v) is 10.7. The van der Waals surface area contributed by atoms with Crippen LogP contribution >= 0.6 is 11.6 Å². The van der Waals surface area contributed by atoms with Gasteiger partial charge in [-0.05, 0) is 19.3 Å². The number of carboxylic acid groups (broad SMARTS) is 1. The van der Waals surface area contributed by atoms with Gasteiger partial charge >= 0.3 is 11.7 Å². The second-order valence-electron chi connectivity index (χ2n) is 4.30. The van der Waals surface area contributed by atoms with Crippen molar-refractivity contribution in [2.75, 3.05) is 11.4 Å². The molecule has 7 nitrogen and oxygen atoms in total. The maximum absolute atomic E-state index is 11.2. The van der Waals surface area contributed by atoms with Crippen LogP contribution in [0.25, 0.3) is 0 Å². The number of hydrogen-bond donors (Lipinski definition) is 1. The molecule has 0 amide bonds. The van der Waals surface area contributed by atoms with E-state index in [4.69, 9.17) is 11.6 Å². The molecule has 0 aromatic carbocycles. The third-order valence-electron chi connectivity index (χ3n) is 3.07. The summed E-state index contributed by atoms with van der Waals surface area (Å²) < 4.78 is 0. The van der Waals surface area contributed by atoms with Gasteiger partial charge < -0.3 is 10.0 Å². The van der Waals surface area contributed by atoms with Gasteiger partial charge in [0, 0.05) is 18.8 Å². The van der Waals surface area contributed by atoms with Crippen LogP contribution < -0.4 is 4.90 Å². The molecule has 0 spiro atoms. The number of piperidine rings is 1. The summed E-state index contributed by atoms with van der Waals surface area (Å²) in [6, 6.07) is 0.415. The Bertz CT molecular complexity index is 523. The van der Waals surface area contributed by atoms with E-state index in [0.717, 1.165) is 12.8 Å². The third-order valence-corrected chi connectivity index (χ3v) is 3.28. The summed E-state index contributed by atoms with van der Waals surface area (Å²) in [5.74, 6) is -0.924. The molecule has 0 bridgehead atoms. The van der Waals surface area contributed by atoms with Crippen LogP contribution in [0.5, 0.6) is 0 Å². The monoisotopic (exact) mass is 285 g/mol. The topological polar surface area (TPSA) is 96.6 Å². The number of aromatic nitrogens is 1. The number of carboxylic acids is 1. The van der Waals surface area contributed by atoms with Gasteiger partial charge in [-0.3, -0.25) is 10.1 Å². The van der Waals surface area contributed by atoms with Gasteiger partial charge in [0.2, 0.25) is 5.82 Å². The molecular weight excluding hydrogens is 274 g/mol. The second kappa shape index (κ2) is 5.40. The van der Waals surface area contributed by atoms with Gasteiger partial charge in [-0.1, -0.05) is 11.6 Å². The number of pyridine rings is 1. The Labute approximate surface area is 114 Å². The minimum absolute atomic E-state index is 0.0708. The highest BCUT2D eigenvalue weighted by atomic mass is 35.5. The minimum Gasteiger partial charge on any atom is -0.480 e. The fraction of sp³-hybridized carbons (Fsp3) is 0.455. The Morgan fingerprint density at radius 3 is 2.95 bits per heavy atom. The first-order valence-corrected chi connectivity index (χ1v) is 6.18. The fourth-order valence-electron chi connectivity index (χ4n) is 2.22. The van der Waals surface area contributed by atoms with Crippen LogP contribution in [0.4, 0.5) is 11.5 Å². The molecule has 1 atom stereocenters. The zero-order chi connectivity index (χ0) is 14.0. The molecule has 1 aliphatic rings. The fourth-order valence-corrected chi connectivity index (χ4v) is 2.37. The van der Waals surface area contributed by atoms with Crippen LogP contribution in [-0.4, -0.2) is 33.6 Å². The SMILES string of the molecule is O=C(O)C1CCCCN1c1ncc(Cl)cc1[N+](=O)[O-]. The summed E-state index contributed by atoms with van der Waals surface area (Å²) in [6.45, 7) is 0.437. The standard InChI is InChI=1S/C11H12ClN3O4/c12-7-5-9(15(18)19)10(13-6-7)14-4-2-1-3-8(14)11(16)17/h5-6,8H,1-4H2,(H,16,17). The molecule has 2 rings (SSSR count). The molecule has 0 saturated carbocycles. The van der Waals surface area contributed by atoms with E-state index in [0.29, 0.717) is 13.0 Å². The van der Waals surface area contributed by atoms with E-state index >= 15 is 0 Å². The van der Waals surface area contributed by atoms with Gasteiger partial charge in [-0.2, -0.15) is 0 Å². The first-order chi connectivity index (χ1) is 9.00. The molecular formula is C11H12ClN3O4. The van der Waals surface area contributed by atoms with E-state index in [9.17, 15) is 20.0 Å². The Morgan fingerprint density at radius 1 is 1.58 bits per heavy atom. The molecule has 1 aromatic heterocycles. The molecule has 2 heterocycles. The lowest BCUT2D eigenvalue weighted by molar-refractivity contribution is -0.384. The van der Waals surface area contributed by atoms with Gasteiger partial charge in [-0.25, -0.2) is 9.78 Å². The van der Waals surface area contributed by atoms with E-state index in [-0.39, 0.29) is 16.5 Å². The van der Waals surface area contributed by atoms with E-state index in [2.05, 4.69) is 4.98 Å². The van der Waals surface area contributed by atoms with E-state index < -0.39 is 16.9 Å². The summed E-state index contributed by atoms with van der Waals surface area (Å²) in [7, 11) is 0.